The van der Waals surface area contributed by atoms with Gasteiger partial charge in [-0.15, -0.1) is 0 Å². The summed E-state index contributed by atoms with van der Waals surface area (Å²) in [4.78, 5) is 25.3. The van der Waals surface area contributed by atoms with Crippen LogP contribution in [0, 0.1) is 0 Å². The summed E-state index contributed by atoms with van der Waals surface area (Å²) in [6.45, 7) is 1.02. The molecule has 0 amide bonds. The second-order valence-electron chi connectivity index (χ2n) is 2.89. The largest absolute Gasteiger partial charge is 0.476 e. The quantitative estimate of drug-likeness (QED) is 0.528. The van der Waals surface area contributed by atoms with Crippen LogP contribution in [0.15, 0.2) is 4.79 Å². The van der Waals surface area contributed by atoms with Crippen LogP contribution in [-0.4, -0.2) is 27.2 Å². The van der Waals surface area contributed by atoms with Crippen LogP contribution in [0.1, 0.15) is 10.5 Å². The molecule has 0 saturated heterocycles. The number of rotatable bonds is 1. The highest BCUT2D eigenvalue weighted by atomic mass is 16.4. The number of nitrogens with one attached hydrogen (secondary N) is 1. The molecule has 0 spiro atoms. The van der Waals surface area contributed by atoms with Crippen LogP contribution in [0.25, 0.3) is 0 Å². The van der Waals surface area contributed by atoms with Crippen LogP contribution in [0.2, 0.25) is 0 Å². The molecule has 0 atom stereocenters. The molecule has 7 nitrogen and oxygen atoms in total. The number of fused-ring (bicyclic) bond motifs is 1. The van der Waals surface area contributed by atoms with E-state index in [1.54, 1.807) is 0 Å². The molecule has 4 N–H and O–H groups in total. The normalized spacial score (nSPS) is 13.4. The van der Waals surface area contributed by atoms with Gasteiger partial charge in [0.2, 0.25) is 0 Å². The molecular weight excluding hydrogens is 188 g/mol. The Labute approximate surface area is 78.2 Å². The highest BCUT2D eigenvalue weighted by Crippen LogP contribution is 2.21. The molecule has 2 rings (SSSR count). The minimum Gasteiger partial charge on any atom is -0.476 e. The van der Waals surface area contributed by atoms with Crippen molar-refractivity contribution in [1.29, 1.82) is 0 Å². The number of aromatic nitrogens is 2. The first-order valence-electron chi connectivity index (χ1n) is 3.98. The summed E-state index contributed by atoms with van der Waals surface area (Å²) in [6.07, 6.45) is 0. The molecule has 0 unspecified atom stereocenters. The zero-order chi connectivity index (χ0) is 10.3. The zero-order valence-electron chi connectivity index (χ0n) is 7.15. The Balaban J connectivity index is 2.74. The second-order valence-corrected chi connectivity index (χ2v) is 2.89. The van der Waals surface area contributed by atoms with E-state index in [2.05, 4.69) is 10.3 Å². The Morgan fingerprint density at radius 3 is 3.00 bits per heavy atom. The molecule has 1 aliphatic heterocycles. The maximum atomic E-state index is 11.3. The van der Waals surface area contributed by atoms with E-state index in [0.29, 0.717) is 18.9 Å². The van der Waals surface area contributed by atoms with Gasteiger partial charge in [-0.3, -0.25) is 4.57 Å². The lowest BCUT2D eigenvalue weighted by Crippen LogP contribution is -2.25. The number of hydrogen-bond acceptors (Lipinski definition) is 5. The number of aromatic carboxylic acids is 1. The third-order valence-electron chi connectivity index (χ3n) is 2.05. The van der Waals surface area contributed by atoms with Gasteiger partial charge in [0, 0.05) is 13.1 Å². The Kier molecular flexibility index (Phi) is 1.66. The molecule has 1 aliphatic rings. The number of nitrogens with zero attached hydrogens (tertiary/aromatic N) is 2. The van der Waals surface area contributed by atoms with Gasteiger partial charge in [-0.05, 0) is 0 Å². The number of carbonyl (C=O) groups is 1. The standard InChI is InChI=1S/C7H8N4O3/c8-3-4(6(12)13)10-7(14)11-2-1-9-5(3)11/h9H,1-2,8H2,(H,12,13). The predicted octanol–water partition coefficient (Wildman–Crippen LogP) is -1.05. The minimum atomic E-state index is -1.29. The minimum absolute atomic E-state index is 0.00889. The number of carboxylic acids is 1. The van der Waals surface area contributed by atoms with Gasteiger partial charge < -0.3 is 16.2 Å². The molecule has 14 heavy (non-hydrogen) atoms. The summed E-state index contributed by atoms with van der Waals surface area (Å²) in [5.74, 6) is -0.945. The van der Waals surface area contributed by atoms with Gasteiger partial charge in [0.15, 0.2) is 5.69 Å². The van der Waals surface area contributed by atoms with E-state index in [1.165, 1.54) is 4.57 Å². The van der Waals surface area contributed by atoms with Gasteiger partial charge >= 0.3 is 11.7 Å². The third kappa shape index (κ3) is 1.02. The maximum Gasteiger partial charge on any atom is 0.357 e. The van der Waals surface area contributed by atoms with Crippen LogP contribution >= 0.6 is 0 Å². The zero-order valence-corrected chi connectivity index (χ0v) is 7.15. The summed E-state index contributed by atoms with van der Waals surface area (Å²) in [5.41, 5.74) is 4.57. The molecule has 7 heteroatoms. The Morgan fingerprint density at radius 2 is 2.36 bits per heavy atom. The number of nitrogen functional groups attached to an aromatic ring is 1. The van der Waals surface area contributed by atoms with Crippen molar-refractivity contribution in [2.75, 3.05) is 17.6 Å². The first-order valence-corrected chi connectivity index (χ1v) is 3.98. The maximum absolute atomic E-state index is 11.3. The van der Waals surface area contributed by atoms with Crippen molar-refractivity contribution in [3.63, 3.8) is 0 Å². The van der Waals surface area contributed by atoms with Crippen LogP contribution < -0.4 is 16.7 Å². The summed E-state index contributed by atoms with van der Waals surface area (Å²) >= 11 is 0. The van der Waals surface area contributed by atoms with Crippen molar-refractivity contribution in [2.24, 2.45) is 0 Å². The van der Waals surface area contributed by atoms with Crippen molar-refractivity contribution in [1.82, 2.24) is 9.55 Å². The van der Waals surface area contributed by atoms with Gasteiger partial charge in [-0.25, -0.2) is 9.59 Å². The van der Waals surface area contributed by atoms with E-state index in [0.717, 1.165) is 0 Å². The highest BCUT2D eigenvalue weighted by Gasteiger charge is 2.21. The molecular formula is C7H8N4O3. The van der Waals surface area contributed by atoms with Crippen LogP contribution in [0.5, 0.6) is 0 Å². The van der Waals surface area contributed by atoms with Gasteiger partial charge in [-0.2, -0.15) is 4.98 Å². The van der Waals surface area contributed by atoms with E-state index < -0.39 is 17.4 Å². The summed E-state index contributed by atoms with van der Waals surface area (Å²) in [6, 6.07) is 0. The van der Waals surface area contributed by atoms with Crippen LogP contribution in [-0.2, 0) is 6.54 Å². The van der Waals surface area contributed by atoms with Crippen molar-refractivity contribution in [3.05, 3.63) is 16.2 Å². The molecule has 74 valence electrons. The fourth-order valence-corrected chi connectivity index (χ4v) is 1.42. The molecule has 2 heterocycles. The van der Waals surface area contributed by atoms with E-state index in [9.17, 15) is 9.59 Å². The van der Waals surface area contributed by atoms with Gasteiger partial charge in [0.05, 0.1) is 0 Å². The van der Waals surface area contributed by atoms with Gasteiger partial charge in [0.25, 0.3) is 0 Å². The average Bonchev–Trinajstić information content (AvgIpc) is 2.59. The van der Waals surface area contributed by atoms with Gasteiger partial charge in [0.1, 0.15) is 11.5 Å². The number of anilines is 2. The lowest BCUT2D eigenvalue weighted by molar-refractivity contribution is 0.0691. The Hall–Kier alpha value is -2.05. The third-order valence-corrected chi connectivity index (χ3v) is 2.05. The van der Waals surface area contributed by atoms with E-state index >= 15 is 0 Å². The number of hydrogen-bond donors (Lipinski definition) is 3. The van der Waals surface area contributed by atoms with E-state index in [1.807, 2.05) is 0 Å². The van der Waals surface area contributed by atoms with Crippen molar-refractivity contribution in [3.8, 4) is 0 Å². The van der Waals surface area contributed by atoms with Crippen LogP contribution in [0.3, 0.4) is 0 Å². The molecule has 1 aromatic rings. The fourth-order valence-electron chi connectivity index (χ4n) is 1.42. The summed E-state index contributed by atoms with van der Waals surface area (Å²) in [5, 5.41) is 11.5. The predicted molar refractivity (Wildman–Crippen MR) is 48.4 cm³/mol. The average molecular weight is 196 g/mol. The topological polar surface area (TPSA) is 110 Å². The van der Waals surface area contributed by atoms with Gasteiger partial charge in [-0.1, -0.05) is 0 Å². The highest BCUT2D eigenvalue weighted by molar-refractivity contribution is 5.94. The molecule has 0 aliphatic carbocycles. The molecule has 0 saturated carbocycles. The van der Waals surface area contributed by atoms with Crippen molar-refractivity contribution >= 4 is 17.5 Å². The molecule has 0 bridgehead atoms. The molecule has 1 aromatic heterocycles. The smallest absolute Gasteiger partial charge is 0.357 e. The second kappa shape index (κ2) is 2.72. The van der Waals surface area contributed by atoms with Crippen molar-refractivity contribution in [2.45, 2.75) is 6.54 Å². The lowest BCUT2D eigenvalue weighted by Gasteiger charge is -2.06. The fraction of sp³-hybridized carbons (Fsp3) is 0.286. The first kappa shape index (κ1) is 8.54. The lowest BCUT2D eigenvalue weighted by atomic mass is 10.3. The molecule has 0 aromatic carbocycles. The molecule has 0 radical (unpaired) electrons. The van der Waals surface area contributed by atoms with Crippen LogP contribution in [0.4, 0.5) is 11.5 Å². The molecule has 0 fully saturated rings. The SMILES string of the molecule is Nc1c(C(=O)O)nc(=O)n2c1NCC2. The number of nitrogens with two attached hydrogens (primary N) is 1. The number of carboxylic acid groups (broad SMARTS) is 1. The summed E-state index contributed by atoms with van der Waals surface area (Å²) < 4.78 is 1.32. The van der Waals surface area contributed by atoms with E-state index in [-0.39, 0.29) is 5.69 Å². The van der Waals surface area contributed by atoms with E-state index in [4.69, 9.17) is 10.8 Å². The summed E-state index contributed by atoms with van der Waals surface area (Å²) in [7, 11) is 0. The Morgan fingerprint density at radius 1 is 1.64 bits per heavy atom. The first-order chi connectivity index (χ1) is 6.61. The monoisotopic (exact) mass is 196 g/mol. The Bertz CT molecular complexity index is 465. The van der Waals surface area contributed by atoms with Crippen molar-refractivity contribution < 1.29 is 9.90 Å².